The van der Waals surface area contributed by atoms with Crippen molar-refractivity contribution in [2.24, 2.45) is 0 Å². The average Bonchev–Trinajstić information content (AvgIpc) is 3.76. The molecule has 1 fully saturated rings. The van der Waals surface area contributed by atoms with E-state index in [1.54, 1.807) is 13.8 Å². The largest absolute Gasteiger partial charge is 0.389 e. The lowest BCUT2D eigenvalue weighted by molar-refractivity contribution is 0.0885. The van der Waals surface area contributed by atoms with Gasteiger partial charge in [-0.15, -0.1) is 16.4 Å². The minimum absolute atomic E-state index is 0.0475. The van der Waals surface area contributed by atoms with Crippen LogP contribution in [-0.2, 0) is 18.3 Å². The molecule has 0 bridgehead atoms. The van der Waals surface area contributed by atoms with Crippen molar-refractivity contribution in [1.82, 2.24) is 35.0 Å². The first-order valence-electron chi connectivity index (χ1n) is 15.6. The van der Waals surface area contributed by atoms with Crippen LogP contribution in [0.1, 0.15) is 92.7 Å². The molecule has 0 aromatic carbocycles. The minimum atomic E-state index is -0.957. The molecule has 232 valence electrons. The zero-order valence-electron chi connectivity index (χ0n) is 26.1. The van der Waals surface area contributed by atoms with E-state index in [1.807, 2.05) is 16.6 Å². The molecule has 0 unspecified atom stereocenters. The lowest BCUT2D eigenvalue weighted by atomic mass is 9.63. The molecule has 12 nitrogen and oxygen atoms in total. The van der Waals surface area contributed by atoms with E-state index < -0.39 is 11.0 Å². The van der Waals surface area contributed by atoms with Gasteiger partial charge >= 0.3 is 0 Å². The van der Waals surface area contributed by atoms with Crippen molar-refractivity contribution in [3.05, 3.63) is 27.3 Å². The van der Waals surface area contributed by atoms with Crippen LogP contribution in [0, 0.1) is 11.3 Å². The number of nitriles is 1. The van der Waals surface area contributed by atoms with Crippen LogP contribution in [0.2, 0.25) is 0 Å². The van der Waals surface area contributed by atoms with Crippen LogP contribution in [0.25, 0.3) is 22.7 Å². The third kappa shape index (κ3) is 4.49. The van der Waals surface area contributed by atoms with Crippen LogP contribution in [0.3, 0.4) is 0 Å². The van der Waals surface area contributed by atoms with Gasteiger partial charge in [0.25, 0.3) is 0 Å². The highest BCUT2D eigenvalue weighted by Crippen LogP contribution is 2.55. The molecule has 5 heterocycles. The summed E-state index contributed by atoms with van der Waals surface area (Å²) >= 11 is 1.54. The highest BCUT2D eigenvalue weighted by molar-refractivity contribution is 7.16. The second-order valence-corrected chi connectivity index (χ2v) is 14.7. The number of likely N-dealkylation sites (tertiary alicyclic amines) is 1. The topological polar surface area (TPSA) is 159 Å². The summed E-state index contributed by atoms with van der Waals surface area (Å²) in [6, 6.07) is 2.77. The van der Waals surface area contributed by atoms with Gasteiger partial charge in [0.05, 0.1) is 22.6 Å². The van der Waals surface area contributed by atoms with Gasteiger partial charge in [0.15, 0.2) is 34.3 Å². The number of hydrogen-bond donors (Lipinski definition) is 2. The third-order valence-corrected chi connectivity index (χ3v) is 11.0. The van der Waals surface area contributed by atoms with E-state index in [2.05, 4.69) is 40.4 Å². The standard InChI is InChI=1S/C31H40N10O2S/c1-17(20-10-8-14-39(20)4)41-29-24(36-38-41)28(40(5)16-30(2,3)42)34-27(35-29)23-18-9-6-12-31(25(18)43-37-23)13-7-11-21-22(31)19(15-32)26(33)44-21/h17,20,42H,6-14,16,33H2,1-5H3/t17-,20-,31-/m0/s1. The number of nitrogen functional groups attached to an aromatic ring is 1. The van der Waals surface area contributed by atoms with Crippen LogP contribution >= 0.6 is 11.3 Å². The van der Waals surface area contributed by atoms with Crippen LogP contribution in [-0.4, -0.2) is 79.0 Å². The molecule has 0 amide bonds. The SMILES string of the molecule is C[C@@H]([C@@H]1CCCN1C)n1nnc2c(N(C)CC(C)(C)O)nc(-c3noc4c3CCC[C@@]43CCCc4sc(N)c(C#N)c43)nc21. The van der Waals surface area contributed by atoms with Crippen LogP contribution < -0.4 is 10.6 Å². The number of aryl methyl sites for hydroxylation is 1. The van der Waals surface area contributed by atoms with Crippen molar-refractivity contribution in [3.63, 3.8) is 0 Å². The van der Waals surface area contributed by atoms with Gasteiger partial charge in [-0.05, 0) is 91.3 Å². The van der Waals surface area contributed by atoms with E-state index in [-0.39, 0.29) is 6.04 Å². The summed E-state index contributed by atoms with van der Waals surface area (Å²) in [5, 5.41) is 35.2. The molecule has 0 radical (unpaired) electrons. The van der Waals surface area contributed by atoms with E-state index in [9.17, 15) is 10.4 Å². The fraction of sp³-hybridized carbons (Fsp3) is 0.613. The Kier molecular flexibility index (Phi) is 6.95. The zero-order chi connectivity index (χ0) is 31.0. The van der Waals surface area contributed by atoms with Crippen LogP contribution in [0.5, 0.6) is 0 Å². The Labute approximate surface area is 260 Å². The highest BCUT2D eigenvalue weighted by Gasteiger charge is 2.49. The molecule has 4 aromatic rings. The number of nitrogens with two attached hydrogens (primary N) is 1. The van der Waals surface area contributed by atoms with E-state index in [0.717, 1.165) is 74.8 Å². The first-order valence-corrected chi connectivity index (χ1v) is 16.4. The summed E-state index contributed by atoms with van der Waals surface area (Å²) in [6.45, 7) is 7.11. The third-order valence-electron chi connectivity index (χ3n) is 9.88. The zero-order valence-corrected chi connectivity index (χ0v) is 26.9. The Hall–Kier alpha value is -3.60. The number of aliphatic hydroxyl groups is 1. The number of rotatable bonds is 6. The average molecular weight is 617 g/mol. The number of fused-ring (bicyclic) bond motifs is 5. The van der Waals surface area contributed by atoms with Crippen LogP contribution in [0.4, 0.5) is 10.8 Å². The van der Waals surface area contributed by atoms with Crippen molar-refractivity contribution in [1.29, 1.82) is 5.26 Å². The molecule has 4 aromatic heterocycles. The number of aromatic nitrogens is 6. The predicted octanol–water partition coefficient (Wildman–Crippen LogP) is 4.21. The summed E-state index contributed by atoms with van der Waals surface area (Å²) in [6.07, 6.45) is 7.64. The Morgan fingerprint density at radius 2 is 2.02 bits per heavy atom. The van der Waals surface area contributed by atoms with Gasteiger partial charge in [-0.3, -0.25) is 0 Å². The monoisotopic (exact) mass is 616 g/mol. The first-order chi connectivity index (χ1) is 21.0. The quantitative estimate of drug-likeness (QED) is 0.319. The lowest BCUT2D eigenvalue weighted by Gasteiger charge is -2.39. The number of anilines is 2. The Balaban J connectivity index is 1.39. The Morgan fingerprint density at radius 3 is 2.73 bits per heavy atom. The normalized spacial score (nSPS) is 22.7. The summed E-state index contributed by atoms with van der Waals surface area (Å²) in [7, 11) is 4.06. The maximum absolute atomic E-state index is 10.7. The van der Waals surface area contributed by atoms with Crippen LogP contribution in [0.15, 0.2) is 4.52 Å². The number of likely N-dealkylation sites (N-methyl/N-ethyl adjacent to an activating group) is 2. The van der Waals surface area contributed by atoms with Gasteiger partial charge in [-0.1, -0.05) is 10.4 Å². The molecule has 3 N–H and O–H groups in total. The van der Waals surface area contributed by atoms with Gasteiger partial charge in [-0.25, -0.2) is 14.6 Å². The fourth-order valence-electron chi connectivity index (χ4n) is 8.04. The summed E-state index contributed by atoms with van der Waals surface area (Å²) in [5.41, 5.74) is 9.43. The number of nitrogens with zero attached hydrogens (tertiary/aromatic N) is 9. The fourth-order valence-corrected chi connectivity index (χ4v) is 9.20. The number of thiophene rings is 1. The smallest absolute Gasteiger partial charge is 0.186 e. The second kappa shape index (κ2) is 10.5. The molecule has 3 atom stereocenters. The molecular formula is C31H40N10O2S. The summed E-state index contributed by atoms with van der Waals surface area (Å²) in [5.74, 6) is 1.86. The molecular weight excluding hydrogens is 576 g/mol. The Morgan fingerprint density at radius 1 is 1.25 bits per heavy atom. The predicted molar refractivity (Wildman–Crippen MR) is 169 cm³/mol. The second-order valence-electron chi connectivity index (χ2n) is 13.6. The van der Waals surface area contributed by atoms with Crippen molar-refractivity contribution in [2.75, 3.05) is 37.8 Å². The van der Waals surface area contributed by atoms with Gasteiger partial charge in [0.1, 0.15) is 11.1 Å². The lowest BCUT2D eigenvalue weighted by Crippen LogP contribution is -2.37. The van der Waals surface area contributed by atoms with Crippen molar-refractivity contribution < 1.29 is 9.63 Å². The molecule has 7 rings (SSSR count). The highest BCUT2D eigenvalue weighted by atomic mass is 32.1. The van der Waals surface area contributed by atoms with E-state index >= 15 is 0 Å². The molecule has 0 saturated carbocycles. The molecule has 44 heavy (non-hydrogen) atoms. The summed E-state index contributed by atoms with van der Waals surface area (Å²) in [4.78, 5) is 15.6. The maximum Gasteiger partial charge on any atom is 0.186 e. The van der Waals surface area contributed by atoms with Gasteiger partial charge < -0.3 is 25.2 Å². The Bertz CT molecular complexity index is 1770. The molecule has 13 heteroatoms. The molecule has 1 spiro atoms. The molecule has 1 aliphatic heterocycles. The van der Waals surface area contributed by atoms with Gasteiger partial charge in [0, 0.05) is 30.1 Å². The molecule has 3 aliphatic rings. The maximum atomic E-state index is 10.7. The minimum Gasteiger partial charge on any atom is -0.389 e. The first kappa shape index (κ1) is 29.1. The van der Waals surface area contributed by atoms with Crippen molar-refractivity contribution in [2.45, 2.75) is 95.2 Å². The van der Waals surface area contributed by atoms with E-state index in [0.29, 0.717) is 51.7 Å². The summed E-state index contributed by atoms with van der Waals surface area (Å²) < 4.78 is 8.19. The van der Waals surface area contributed by atoms with Gasteiger partial charge in [-0.2, -0.15) is 5.26 Å². The van der Waals surface area contributed by atoms with Crippen molar-refractivity contribution in [3.8, 4) is 17.6 Å². The van der Waals surface area contributed by atoms with E-state index in [1.165, 1.54) is 16.2 Å². The number of hydrogen-bond acceptors (Lipinski definition) is 12. The molecule has 1 saturated heterocycles. The molecule has 2 aliphatic carbocycles. The van der Waals surface area contributed by atoms with E-state index in [4.69, 9.17) is 20.2 Å². The van der Waals surface area contributed by atoms with Crippen molar-refractivity contribution >= 4 is 33.3 Å². The van der Waals surface area contributed by atoms with Gasteiger partial charge in [0.2, 0.25) is 0 Å².